The van der Waals surface area contributed by atoms with Gasteiger partial charge >= 0.3 is 40.9 Å². The molecule has 0 saturated heterocycles. The van der Waals surface area contributed by atoms with Crippen LogP contribution < -0.4 is 17.1 Å². The number of aliphatic hydroxyl groups excluding tert-OH is 1. The van der Waals surface area contributed by atoms with E-state index in [1.807, 2.05) is 0 Å². The van der Waals surface area contributed by atoms with E-state index in [0.717, 1.165) is 0 Å². The van der Waals surface area contributed by atoms with Gasteiger partial charge in [0.15, 0.2) is 0 Å². The van der Waals surface area contributed by atoms with Crippen molar-refractivity contribution in [3.63, 3.8) is 0 Å². The molecule has 3 N–H and O–H groups in total. The maximum atomic E-state index is 12.6. The summed E-state index contributed by atoms with van der Waals surface area (Å²) in [5, 5.41) is 26.2. The van der Waals surface area contributed by atoms with Gasteiger partial charge in [-0.1, -0.05) is 0 Å². The summed E-state index contributed by atoms with van der Waals surface area (Å²) in [7, 11) is 0. The van der Waals surface area contributed by atoms with Crippen LogP contribution in [0.3, 0.4) is 0 Å². The molecule has 0 saturated carbocycles. The van der Waals surface area contributed by atoms with Crippen LogP contribution in [-0.2, 0) is 48.3 Å². The van der Waals surface area contributed by atoms with Crippen molar-refractivity contribution in [1.82, 2.24) is 13.7 Å². The molecular formula is C17H23N3O12. The van der Waals surface area contributed by atoms with Crippen molar-refractivity contribution in [2.75, 3.05) is 19.8 Å². The average Bonchev–Trinajstić information content (AvgIpc) is 2.73. The predicted molar refractivity (Wildman–Crippen MR) is 102 cm³/mol. The van der Waals surface area contributed by atoms with Crippen LogP contribution in [0.1, 0.15) is 25.7 Å². The number of carboxylic acids is 2. The first-order valence-corrected chi connectivity index (χ1v) is 9.38. The molecule has 15 heteroatoms. The van der Waals surface area contributed by atoms with Crippen molar-refractivity contribution >= 4 is 23.9 Å². The molecular weight excluding hydrogens is 438 g/mol. The first-order valence-electron chi connectivity index (χ1n) is 9.38. The number of carbonyl (C=O) groups is 4. The third kappa shape index (κ3) is 8.17. The normalized spacial score (nSPS) is 10.5. The van der Waals surface area contributed by atoms with Crippen molar-refractivity contribution in [2.24, 2.45) is 0 Å². The van der Waals surface area contributed by atoms with Crippen molar-refractivity contribution in [3.05, 3.63) is 31.5 Å². The van der Waals surface area contributed by atoms with Crippen molar-refractivity contribution in [2.45, 2.75) is 45.3 Å². The molecule has 0 bridgehead atoms. The minimum atomic E-state index is -1.21. The number of carboxylic acid groups (broad SMARTS) is 2. The van der Waals surface area contributed by atoms with Gasteiger partial charge in [0.2, 0.25) is 0 Å². The fourth-order valence-electron chi connectivity index (χ4n) is 2.42. The zero-order chi connectivity index (χ0) is 24.3. The second-order valence-electron chi connectivity index (χ2n) is 6.25. The molecule has 0 aliphatic carbocycles. The quantitative estimate of drug-likeness (QED) is 0.236. The monoisotopic (exact) mass is 461 g/mol. The largest absolute Gasteiger partial charge is 0.481 e. The van der Waals surface area contributed by atoms with Gasteiger partial charge in [-0.25, -0.2) is 28.1 Å². The summed E-state index contributed by atoms with van der Waals surface area (Å²) in [5.41, 5.74) is -3.21. The van der Waals surface area contributed by atoms with Crippen molar-refractivity contribution in [3.8, 4) is 0 Å². The highest BCUT2D eigenvalue weighted by Crippen LogP contribution is 1.94. The van der Waals surface area contributed by atoms with Crippen LogP contribution in [0.4, 0.5) is 0 Å². The number of hydrogen-bond donors (Lipinski definition) is 3. The number of carbonyl (C=O) groups excluding carboxylic acids is 2. The summed E-state index contributed by atoms with van der Waals surface area (Å²) >= 11 is 0. The molecule has 1 aromatic rings. The topological polar surface area (TPSA) is 213 Å². The number of hydrogen-bond acceptors (Lipinski definition) is 10. The van der Waals surface area contributed by atoms with E-state index < -0.39 is 106 Å². The fourth-order valence-corrected chi connectivity index (χ4v) is 2.42. The van der Waals surface area contributed by atoms with Crippen LogP contribution in [0.5, 0.6) is 0 Å². The van der Waals surface area contributed by atoms with Gasteiger partial charge < -0.3 is 24.8 Å². The second kappa shape index (κ2) is 12.8. The fraction of sp³-hybridized carbons (Fsp3) is 0.588. The Morgan fingerprint density at radius 2 is 0.969 bits per heavy atom. The summed E-state index contributed by atoms with van der Waals surface area (Å²) in [5.74, 6) is -4.14. The minimum absolute atomic E-state index is 0.411. The van der Waals surface area contributed by atoms with Crippen LogP contribution >= 0.6 is 0 Å². The molecule has 1 heterocycles. The highest BCUT2D eigenvalue weighted by molar-refractivity contribution is 5.77. The highest BCUT2D eigenvalue weighted by atomic mass is 16.5. The number of aliphatic hydroxyl groups is 1. The summed E-state index contributed by atoms with van der Waals surface area (Å²) in [6, 6.07) is 0. The highest BCUT2D eigenvalue weighted by Gasteiger charge is 2.16. The number of esters is 2. The van der Waals surface area contributed by atoms with Crippen LogP contribution in [0.25, 0.3) is 0 Å². The molecule has 15 nitrogen and oxygen atoms in total. The Labute approximate surface area is 179 Å². The lowest BCUT2D eigenvalue weighted by Gasteiger charge is -2.13. The molecule has 0 aliphatic heterocycles. The van der Waals surface area contributed by atoms with E-state index in [1.165, 1.54) is 0 Å². The molecule has 0 aromatic carbocycles. The Hall–Kier alpha value is -3.75. The average molecular weight is 461 g/mol. The maximum absolute atomic E-state index is 12.6. The Balaban J connectivity index is 2.96. The van der Waals surface area contributed by atoms with Gasteiger partial charge in [-0.2, -0.15) is 0 Å². The molecule has 0 unspecified atom stereocenters. The van der Waals surface area contributed by atoms with Crippen molar-refractivity contribution in [1.29, 1.82) is 0 Å². The Morgan fingerprint density at radius 3 is 1.28 bits per heavy atom. The van der Waals surface area contributed by atoms with Crippen LogP contribution in [0.2, 0.25) is 0 Å². The smallest absolute Gasteiger partial charge is 0.336 e. The van der Waals surface area contributed by atoms with Gasteiger partial charge in [-0.15, -0.1) is 0 Å². The van der Waals surface area contributed by atoms with E-state index in [0.29, 0.717) is 13.7 Å². The lowest BCUT2D eigenvalue weighted by molar-refractivity contribution is -0.148. The Kier molecular flexibility index (Phi) is 10.5. The lowest BCUT2D eigenvalue weighted by Crippen LogP contribution is -2.55. The van der Waals surface area contributed by atoms with Crippen LogP contribution in [0, 0.1) is 0 Å². The summed E-state index contributed by atoms with van der Waals surface area (Å²) in [6.45, 7) is -2.87. The molecule has 0 amide bonds. The van der Waals surface area contributed by atoms with Gasteiger partial charge in [0.25, 0.3) is 0 Å². The second-order valence-corrected chi connectivity index (χ2v) is 6.25. The molecule has 0 atom stereocenters. The Morgan fingerprint density at radius 1 is 0.625 bits per heavy atom. The SMILES string of the molecule is O=C(O)CCC(=O)OCCn1c(=O)n(CCO)c(=O)n(CCOC(=O)CCC(=O)O)c1=O. The van der Waals surface area contributed by atoms with E-state index in [2.05, 4.69) is 0 Å². The number of aliphatic carboxylic acids is 2. The van der Waals surface area contributed by atoms with Gasteiger partial charge in [-0.05, 0) is 0 Å². The van der Waals surface area contributed by atoms with E-state index in [9.17, 15) is 33.6 Å². The molecule has 0 aliphatic rings. The Bertz CT molecular complexity index is 945. The van der Waals surface area contributed by atoms with Crippen molar-refractivity contribution < 1.29 is 44.0 Å². The van der Waals surface area contributed by atoms with E-state index >= 15 is 0 Å². The first-order chi connectivity index (χ1) is 15.1. The van der Waals surface area contributed by atoms with Gasteiger partial charge in [0, 0.05) is 0 Å². The van der Waals surface area contributed by atoms with Gasteiger partial charge in [0.05, 0.1) is 51.9 Å². The summed E-state index contributed by atoms with van der Waals surface area (Å²) in [6.07, 6.45) is -1.74. The third-order valence-electron chi connectivity index (χ3n) is 3.95. The first kappa shape index (κ1) is 26.3. The predicted octanol–water partition coefficient (Wildman–Crippen LogP) is -3.02. The maximum Gasteiger partial charge on any atom is 0.336 e. The number of rotatable bonds is 14. The zero-order valence-electron chi connectivity index (χ0n) is 16.9. The summed E-state index contributed by atoms with van der Waals surface area (Å²) in [4.78, 5) is 81.2. The van der Waals surface area contributed by atoms with Crippen LogP contribution in [-0.4, -0.2) is 72.7 Å². The molecule has 32 heavy (non-hydrogen) atoms. The van der Waals surface area contributed by atoms with Gasteiger partial charge in [-0.3, -0.25) is 19.2 Å². The number of aromatic nitrogens is 3. The van der Waals surface area contributed by atoms with Gasteiger partial charge in [0.1, 0.15) is 13.2 Å². The molecule has 1 aromatic heterocycles. The van der Waals surface area contributed by atoms with E-state index in [4.69, 9.17) is 24.8 Å². The summed E-state index contributed by atoms with van der Waals surface area (Å²) < 4.78 is 11.3. The lowest BCUT2D eigenvalue weighted by atomic mass is 10.3. The molecule has 1 rings (SSSR count). The molecule has 0 fully saturated rings. The standard InChI is InChI=1S/C17H23N3O12/c21-8-5-18-15(28)19(6-9-31-13(26)3-1-11(22)23)17(30)20(16(18)29)7-10-32-14(27)4-2-12(24)25/h21H,1-10H2,(H,22,23)(H,24,25). The number of ether oxygens (including phenoxy) is 2. The molecule has 0 spiro atoms. The molecule has 0 radical (unpaired) electrons. The zero-order valence-corrected chi connectivity index (χ0v) is 16.9. The number of nitrogens with zero attached hydrogens (tertiary/aromatic N) is 3. The third-order valence-corrected chi connectivity index (χ3v) is 3.95. The van der Waals surface area contributed by atoms with E-state index in [1.54, 1.807) is 0 Å². The van der Waals surface area contributed by atoms with E-state index in [-0.39, 0.29) is 0 Å². The molecule has 178 valence electrons. The minimum Gasteiger partial charge on any atom is -0.481 e. The van der Waals surface area contributed by atoms with Crippen LogP contribution in [0.15, 0.2) is 14.4 Å².